The minimum atomic E-state index is -4.18. The second kappa shape index (κ2) is 4.15. The molecule has 1 rings (SSSR count). The molecule has 0 saturated carbocycles. The van der Waals surface area contributed by atoms with Crippen molar-refractivity contribution in [3.63, 3.8) is 0 Å². The van der Waals surface area contributed by atoms with E-state index >= 15 is 0 Å². The van der Waals surface area contributed by atoms with Crippen molar-refractivity contribution in [2.24, 2.45) is 0 Å². The van der Waals surface area contributed by atoms with Crippen LogP contribution in [0.5, 0.6) is 0 Å². The van der Waals surface area contributed by atoms with E-state index in [1.54, 1.807) is 12.1 Å². The smallest absolute Gasteiger partial charge is 0.401 e. The number of nitrogens with one attached hydrogen (secondary N) is 1. The molecule has 1 aromatic heterocycles. The second-order valence-corrected chi connectivity index (χ2v) is 3.21. The summed E-state index contributed by atoms with van der Waals surface area (Å²) in [4.78, 5) is 0. The van der Waals surface area contributed by atoms with Crippen molar-refractivity contribution in [1.29, 1.82) is 0 Å². The number of rotatable bonds is 3. The van der Waals surface area contributed by atoms with Gasteiger partial charge in [-0.05, 0) is 28.1 Å². The van der Waals surface area contributed by atoms with E-state index in [9.17, 15) is 13.2 Å². The van der Waals surface area contributed by atoms with Crippen LogP contribution in [0.1, 0.15) is 5.76 Å². The average Bonchev–Trinajstić information content (AvgIpc) is 2.33. The zero-order chi connectivity index (χ0) is 9.90. The predicted molar refractivity (Wildman–Crippen MR) is 44.2 cm³/mol. The highest BCUT2D eigenvalue weighted by molar-refractivity contribution is 9.10. The van der Waals surface area contributed by atoms with Crippen LogP contribution >= 0.6 is 15.9 Å². The largest absolute Gasteiger partial charge is 0.453 e. The summed E-state index contributed by atoms with van der Waals surface area (Å²) < 4.78 is 40.5. The molecule has 6 heteroatoms. The summed E-state index contributed by atoms with van der Waals surface area (Å²) in [7, 11) is 0. The van der Waals surface area contributed by atoms with Crippen LogP contribution in [0.3, 0.4) is 0 Å². The highest BCUT2D eigenvalue weighted by atomic mass is 79.9. The molecule has 0 aliphatic carbocycles. The third kappa shape index (κ3) is 4.33. The Morgan fingerprint density at radius 3 is 2.54 bits per heavy atom. The molecule has 1 aromatic rings. The maximum Gasteiger partial charge on any atom is 0.401 e. The monoisotopic (exact) mass is 257 g/mol. The lowest BCUT2D eigenvalue weighted by Crippen LogP contribution is -2.28. The van der Waals surface area contributed by atoms with Crippen molar-refractivity contribution in [2.45, 2.75) is 12.7 Å². The summed E-state index contributed by atoms with van der Waals surface area (Å²) in [5.41, 5.74) is 0. The highest BCUT2D eigenvalue weighted by Crippen LogP contribution is 2.15. The van der Waals surface area contributed by atoms with Gasteiger partial charge >= 0.3 is 6.18 Å². The van der Waals surface area contributed by atoms with E-state index in [2.05, 4.69) is 21.2 Å². The van der Waals surface area contributed by atoms with E-state index in [1.807, 2.05) is 0 Å². The van der Waals surface area contributed by atoms with E-state index in [1.165, 1.54) is 0 Å². The number of hydrogen-bond donors (Lipinski definition) is 1. The van der Waals surface area contributed by atoms with Gasteiger partial charge in [-0.3, -0.25) is 0 Å². The first kappa shape index (κ1) is 10.6. The van der Waals surface area contributed by atoms with Gasteiger partial charge in [0.1, 0.15) is 5.76 Å². The molecule has 0 bridgehead atoms. The van der Waals surface area contributed by atoms with Gasteiger partial charge in [-0.1, -0.05) is 0 Å². The molecule has 74 valence electrons. The second-order valence-electron chi connectivity index (χ2n) is 2.42. The lowest BCUT2D eigenvalue weighted by molar-refractivity contribution is -0.125. The molecule has 0 aliphatic rings. The number of hydrogen-bond acceptors (Lipinski definition) is 2. The van der Waals surface area contributed by atoms with Crippen LogP contribution in [-0.4, -0.2) is 12.7 Å². The van der Waals surface area contributed by atoms with Gasteiger partial charge in [0.25, 0.3) is 0 Å². The van der Waals surface area contributed by atoms with Crippen LogP contribution in [0.2, 0.25) is 0 Å². The standard InChI is InChI=1S/C7H7BrF3NO/c8-6-2-1-5(13-6)3-12-4-7(9,10)11/h1-2,12H,3-4H2. The van der Waals surface area contributed by atoms with Crippen LogP contribution in [0.25, 0.3) is 0 Å². The van der Waals surface area contributed by atoms with Crippen molar-refractivity contribution in [3.05, 3.63) is 22.6 Å². The Morgan fingerprint density at radius 2 is 2.08 bits per heavy atom. The molecule has 2 nitrogen and oxygen atoms in total. The molecule has 0 spiro atoms. The van der Waals surface area contributed by atoms with Gasteiger partial charge < -0.3 is 9.73 Å². The third-order valence-corrected chi connectivity index (χ3v) is 1.68. The molecular weight excluding hydrogens is 251 g/mol. The van der Waals surface area contributed by atoms with Gasteiger partial charge in [0.15, 0.2) is 4.67 Å². The molecular formula is C7H7BrF3NO. The summed E-state index contributed by atoms with van der Waals surface area (Å²) in [5.74, 6) is 0.469. The van der Waals surface area contributed by atoms with Gasteiger partial charge in [-0.25, -0.2) is 0 Å². The van der Waals surface area contributed by atoms with Crippen molar-refractivity contribution in [1.82, 2.24) is 5.32 Å². The topological polar surface area (TPSA) is 25.2 Å². The van der Waals surface area contributed by atoms with Crippen LogP contribution in [-0.2, 0) is 6.54 Å². The van der Waals surface area contributed by atoms with E-state index in [-0.39, 0.29) is 6.54 Å². The van der Waals surface area contributed by atoms with Crippen molar-refractivity contribution < 1.29 is 17.6 Å². The fraction of sp³-hybridized carbons (Fsp3) is 0.429. The number of alkyl halides is 3. The quantitative estimate of drug-likeness (QED) is 0.901. The third-order valence-electron chi connectivity index (χ3n) is 1.25. The minimum absolute atomic E-state index is 0.0745. The molecule has 13 heavy (non-hydrogen) atoms. The Labute approximate surface area is 81.2 Å². The van der Waals surface area contributed by atoms with E-state index in [0.717, 1.165) is 0 Å². The molecule has 1 N–H and O–H groups in total. The van der Waals surface area contributed by atoms with Gasteiger partial charge in [0.05, 0.1) is 13.1 Å². The minimum Gasteiger partial charge on any atom is -0.453 e. The van der Waals surface area contributed by atoms with Crippen LogP contribution in [0.4, 0.5) is 13.2 Å². The van der Waals surface area contributed by atoms with Crippen LogP contribution < -0.4 is 5.32 Å². The first-order valence-corrected chi connectivity index (χ1v) is 4.28. The van der Waals surface area contributed by atoms with Gasteiger partial charge in [-0.15, -0.1) is 0 Å². The Morgan fingerprint density at radius 1 is 1.38 bits per heavy atom. The van der Waals surface area contributed by atoms with Crippen molar-refractivity contribution >= 4 is 15.9 Å². The van der Waals surface area contributed by atoms with Crippen molar-refractivity contribution in [3.8, 4) is 0 Å². The Kier molecular flexibility index (Phi) is 3.38. The molecule has 0 saturated heterocycles. The van der Waals surface area contributed by atoms with E-state index < -0.39 is 12.7 Å². The zero-order valence-corrected chi connectivity index (χ0v) is 8.08. The SMILES string of the molecule is FC(F)(F)CNCc1ccc(Br)o1. The van der Waals surface area contributed by atoms with E-state index in [4.69, 9.17) is 4.42 Å². The fourth-order valence-corrected chi connectivity index (χ4v) is 1.11. The van der Waals surface area contributed by atoms with Crippen LogP contribution in [0.15, 0.2) is 21.2 Å². The first-order valence-electron chi connectivity index (χ1n) is 3.49. The molecule has 1 heterocycles. The fourth-order valence-electron chi connectivity index (χ4n) is 0.774. The highest BCUT2D eigenvalue weighted by Gasteiger charge is 2.26. The molecule has 0 fully saturated rings. The normalized spacial score (nSPS) is 12.0. The van der Waals surface area contributed by atoms with Gasteiger partial charge in [0, 0.05) is 0 Å². The molecule has 0 atom stereocenters. The maximum absolute atomic E-state index is 11.7. The summed E-state index contributed by atoms with van der Waals surface area (Å²) in [5, 5.41) is 2.22. The summed E-state index contributed by atoms with van der Waals surface area (Å²) in [6, 6.07) is 3.23. The summed E-state index contributed by atoms with van der Waals surface area (Å²) in [6.07, 6.45) is -4.18. The van der Waals surface area contributed by atoms with Gasteiger partial charge in [-0.2, -0.15) is 13.2 Å². The summed E-state index contributed by atoms with van der Waals surface area (Å²) in [6.45, 7) is -0.934. The Balaban J connectivity index is 2.28. The molecule has 0 aliphatic heterocycles. The zero-order valence-electron chi connectivity index (χ0n) is 6.49. The summed E-state index contributed by atoms with van der Waals surface area (Å²) >= 11 is 3.05. The Hall–Kier alpha value is -0.490. The van der Waals surface area contributed by atoms with Crippen LogP contribution in [0, 0.1) is 0 Å². The molecule has 0 aromatic carbocycles. The lowest BCUT2D eigenvalue weighted by atomic mass is 10.4. The molecule has 0 amide bonds. The number of furan rings is 1. The van der Waals surface area contributed by atoms with Gasteiger partial charge in [0.2, 0.25) is 0 Å². The molecule has 0 unspecified atom stereocenters. The van der Waals surface area contributed by atoms with Crippen molar-refractivity contribution in [2.75, 3.05) is 6.54 Å². The number of halogens is 4. The van der Waals surface area contributed by atoms with E-state index in [0.29, 0.717) is 10.4 Å². The first-order chi connectivity index (χ1) is 5.97. The maximum atomic E-state index is 11.7. The predicted octanol–water partition coefficient (Wildman–Crippen LogP) is 2.69. The average molecular weight is 258 g/mol. The Bertz CT molecular complexity index is 271. The molecule has 0 radical (unpaired) electrons. The lowest BCUT2D eigenvalue weighted by Gasteiger charge is -2.05.